The molecule has 0 aliphatic heterocycles. The van der Waals surface area contributed by atoms with Crippen LogP contribution in [0.1, 0.15) is 24.9 Å². The summed E-state index contributed by atoms with van der Waals surface area (Å²) in [5.41, 5.74) is 0.571. The van der Waals surface area contributed by atoms with Crippen LogP contribution in [0.3, 0.4) is 0 Å². The SMILES string of the molecule is CCOC(=O)Cc1csc(NC(=O)CCc2nc(-c3cccs3)no2)n1. The maximum atomic E-state index is 12.0. The van der Waals surface area contributed by atoms with Crippen LogP contribution in [0, 0.1) is 0 Å². The fraction of sp³-hybridized carbons (Fsp3) is 0.312. The van der Waals surface area contributed by atoms with Crippen LogP contribution in [-0.2, 0) is 27.2 Å². The van der Waals surface area contributed by atoms with Crippen molar-refractivity contribution in [3.8, 4) is 10.7 Å². The number of carbonyl (C=O) groups is 2. The second-order valence-electron chi connectivity index (χ2n) is 5.16. The number of thiazole rings is 1. The number of hydrogen-bond acceptors (Lipinski definition) is 9. The van der Waals surface area contributed by atoms with E-state index in [1.807, 2.05) is 17.5 Å². The third kappa shape index (κ3) is 4.96. The van der Waals surface area contributed by atoms with Crippen LogP contribution in [0.5, 0.6) is 0 Å². The lowest BCUT2D eigenvalue weighted by molar-refractivity contribution is -0.142. The molecule has 3 aromatic rings. The molecular formula is C16H16N4O4S2. The molecule has 136 valence electrons. The zero-order chi connectivity index (χ0) is 18.4. The van der Waals surface area contributed by atoms with Gasteiger partial charge in [-0.3, -0.25) is 9.59 Å². The van der Waals surface area contributed by atoms with Gasteiger partial charge in [-0.1, -0.05) is 11.2 Å². The predicted octanol–water partition coefficient (Wildman–Crippen LogP) is 2.93. The van der Waals surface area contributed by atoms with Crippen LogP contribution < -0.4 is 5.32 Å². The summed E-state index contributed by atoms with van der Waals surface area (Å²) in [6.07, 6.45) is 0.623. The predicted molar refractivity (Wildman–Crippen MR) is 97.0 cm³/mol. The van der Waals surface area contributed by atoms with Gasteiger partial charge in [-0.15, -0.1) is 22.7 Å². The van der Waals surface area contributed by atoms with Crippen molar-refractivity contribution in [3.05, 3.63) is 34.5 Å². The third-order valence-electron chi connectivity index (χ3n) is 3.20. The summed E-state index contributed by atoms with van der Waals surface area (Å²) >= 11 is 2.78. The number of aromatic nitrogens is 3. The molecule has 0 atom stereocenters. The highest BCUT2D eigenvalue weighted by Gasteiger charge is 2.13. The monoisotopic (exact) mass is 392 g/mol. The molecule has 8 nitrogen and oxygen atoms in total. The maximum absolute atomic E-state index is 12.0. The van der Waals surface area contributed by atoms with Crippen LogP contribution in [0.25, 0.3) is 10.7 Å². The lowest BCUT2D eigenvalue weighted by atomic mass is 10.3. The van der Waals surface area contributed by atoms with Gasteiger partial charge in [0.15, 0.2) is 5.13 Å². The summed E-state index contributed by atoms with van der Waals surface area (Å²) in [7, 11) is 0. The zero-order valence-corrected chi connectivity index (χ0v) is 15.6. The van der Waals surface area contributed by atoms with Gasteiger partial charge < -0.3 is 14.6 Å². The molecule has 0 radical (unpaired) electrons. The molecular weight excluding hydrogens is 376 g/mol. The van der Waals surface area contributed by atoms with Crippen molar-refractivity contribution in [2.24, 2.45) is 0 Å². The average molecular weight is 392 g/mol. The van der Waals surface area contributed by atoms with Crippen molar-refractivity contribution in [2.45, 2.75) is 26.2 Å². The summed E-state index contributed by atoms with van der Waals surface area (Å²) in [6.45, 7) is 2.08. The molecule has 0 bridgehead atoms. The molecule has 10 heteroatoms. The lowest BCUT2D eigenvalue weighted by Crippen LogP contribution is -2.12. The van der Waals surface area contributed by atoms with Gasteiger partial charge in [-0.2, -0.15) is 4.98 Å². The van der Waals surface area contributed by atoms with Crippen molar-refractivity contribution >= 4 is 39.7 Å². The average Bonchev–Trinajstić information content (AvgIpc) is 3.35. The van der Waals surface area contributed by atoms with Crippen LogP contribution in [-0.4, -0.2) is 33.6 Å². The van der Waals surface area contributed by atoms with E-state index >= 15 is 0 Å². The highest BCUT2D eigenvalue weighted by molar-refractivity contribution is 7.14. The van der Waals surface area contributed by atoms with Crippen molar-refractivity contribution in [3.63, 3.8) is 0 Å². The Bertz CT molecular complexity index is 873. The number of nitrogens with one attached hydrogen (secondary N) is 1. The molecule has 0 aliphatic carbocycles. The molecule has 0 spiro atoms. The Morgan fingerprint density at radius 1 is 1.31 bits per heavy atom. The third-order valence-corrected chi connectivity index (χ3v) is 4.88. The number of ether oxygens (including phenoxy) is 1. The van der Waals surface area contributed by atoms with E-state index in [0.717, 1.165) is 4.88 Å². The summed E-state index contributed by atoms with van der Waals surface area (Å²) < 4.78 is 10.0. The van der Waals surface area contributed by atoms with Gasteiger partial charge in [0.25, 0.3) is 0 Å². The van der Waals surface area contributed by atoms with E-state index in [1.54, 1.807) is 12.3 Å². The smallest absolute Gasteiger partial charge is 0.311 e. The number of amides is 1. The van der Waals surface area contributed by atoms with Gasteiger partial charge >= 0.3 is 5.97 Å². The Balaban J connectivity index is 1.47. The number of esters is 1. The Kier molecular flexibility index (Phi) is 6.08. The molecule has 3 rings (SSSR count). The topological polar surface area (TPSA) is 107 Å². The molecule has 0 saturated heterocycles. The quantitative estimate of drug-likeness (QED) is 0.587. The van der Waals surface area contributed by atoms with Gasteiger partial charge in [0.05, 0.1) is 23.6 Å². The summed E-state index contributed by atoms with van der Waals surface area (Å²) in [5, 5.41) is 10.7. The Morgan fingerprint density at radius 2 is 2.19 bits per heavy atom. The van der Waals surface area contributed by atoms with Crippen LogP contribution in [0.15, 0.2) is 27.4 Å². The summed E-state index contributed by atoms with van der Waals surface area (Å²) in [4.78, 5) is 32.8. The molecule has 0 saturated carbocycles. The summed E-state index contributed by atoms with van der Waals surface area (Å²) in [5.74, 6) is 0.385. The van der Waals surface area contributed by atoms with Crippen molar-refractivity contribution < 1.29 is 18.8 Å². The lowest BCUT2D eigenvalue weighted by Gasteiger charge is -2.00. The summed E-state index contributed by atoms with van der Waals surface area (Å²) in [6, 6.07) is 3.82. The number of anilines is 1. The minimum absolute atomic E-state index is 0.0910. The van der Waals surface area contributed by atoms with Crippen molar-refractivity contribution in [1.82, 2.24) is 15.1 Å². The Morgan fingerprint density at radius 3 is 2.96 bits per heavy atom. The van der Waals surface area contributed by atoms with Gasteiger partial charge in [-0.25, -0.2) is 4.98 Å². The van der Waals surface area contributed by atoms with Crippen LogP contribution >= 0.6 is 22.7 Å². The van der Waals surface area contributed by atoms with Crippen LogP contribution in [0.4, 0.5) is 5.13 Å². The Labute approximate surface area is 157 Å². The normalized spacial score (nSPS) is 10.7. The number of nitrogens with zero attached hydrogens (tertiary/aromatic N) is 3. The van der Waals surface area contributed by atoms with Gasteiger partial charge in [0.2, 0.25) is 17.6 Å². The van der Waals surface area contributed by atoms with Crippen molar-refractivity contribution in [1.29, 1.82) is 0 Å². The van der Waals surface area contributed by atoms with Crippen molar-refractivity contribution in [2.75, 3.05) is 11.9 Å². The molecule has 1 N–H and O–H groups in total. The van der Waals surface area contributed by atoms with E-state index in [2.05, 4.69) is 20.4 Å². The first-order valence-electron chi connectivity index (χ1n) is 7.90. The molecule has 0 aromatic carbocycles. The number of carbonyl (C=O) groups excluding carboxylic acids is 2. The van der Waals surface area contributed by atoms with E-state index < -0.39 is 0 Å². The maximum Gasteiger partial charge on any atom is 0.311 e. The first-order chi connectivity index (χ1) is 12.6. The Hall–Kier alpha value is -2.59. The van der Waals surface area contributed by atoms with E-state index in [0.29, 0.717) is 35.6 Å². The number of aryl methyl sites for hydroxylation is 1. The number of thiophene rings is 1. The van der Waals surface area contributed by atoms with Gasteiger partial charge in [0, 0.05) is 18.2 Å². The molecule has 3 heterocycles. The number of hydrogen-bond donors (Lipinski definition) is 1. The highest BCUT2D eigenvalue weighted by Crippen LogP contribution is 2.21. The molecule has 26 heavy (non-hydrogen) atoms. The van der Waals surface area contributed by atoms with Gasteiger partial charge in [0.1, 0.15) is 0 Å². The molecule has 0 fully saturated rings. The van der Waals surface area contributed by atoms with E-state index in [-0.39, 0.29) is 24.7 Å². The molecule has 1 amide bonds. The largest absolute Gasteiger partial charge is 0.466 e. The van der Waals surface area contributed by atoms with E-state index in [4.69, 9.17) is 9.26 Å². The highest BCUT2D eigenvalue weighted by atomic mass is 32.1. The minimum atomic E-state index is -0.339. The zero-order valence-electron chi connectivity index (χ0n) is 13.9. The van der Waals surface area contributed by atoms with Gasteiger partial charge in [-0.05, 0) is 18.4 Å². The minimum Gasteiger partial charge on any atom is -0.466 e. The fourth-order valence-corrected chi connectivity index (χ4v) is 3.45. The second-order valence-corrected chi connectivity index (χ2v) is 6.97. The first-order valence-corrected chi connectivity index (χ1v) is 9.66. The molecule has 3 aromatic heterocycles. The molecule has 0 aliphatic rings. The van der Waals surface area contributed by atoms with Crippen LogP contribution in [0.2, 0.25) is 0 Å². The van der Waals surface area contributed by atoms with E-state index in [9.17, 15) is 9.59 Å². The van der Waals surface area contributed by atoms with E-state index in [1.165, 1.54) is 22.7 Å². The standard InChI is InChI=1S/C16H16N4O4S2/c1-2-23-14(22)8-10-9-26-16(17-10)18-12(21)5-6-13-19-15(20-24-13)11-4-3-7-25-11/h3-4,7,9H,2,5-6,8H2,1H3,(H,17,18,21). The first kappa shape index (κ1) is 18.2. The fourth-order valence-electron chi connectivity index (χ4n) is 2.07. The number of rotatable bonds is 8. The molecule has 0 unspecified atom stereocenters. The second kappa shape index (κ2) is 8.68.